The molecule has 0 radical (unpaired) electrons. The third-order valence-electron chi connectivity index (χ3n) is 5.62. The van der Waals surface area contributed by atoms with Gasteiger partial charge in [-0.05, 0) is 31.9 Å². The zero-order valence-corrected chi connectivity index (χ0v) is 16.4. The maximum absolute atomic E-state index is 12.9. The fourth-order valence-corrected chi connectivity index (χ4v) is 4.02. The molecule has 5 nitrogen and oxygen atoms in total. The number of benzene rings is 2. The molecule has 1 amide bonds. The van der Waals surface area contributed by atoms with Crippen LogP contribution in [0.25, 0.3) is 0 Å². The molecule has 0 bridgehead atoms. The van der Waals surface area contributed by atoms with Crippen LogP contribution in [0.5, 0.6) is 0 Å². The van der Waals surface area contributed by atoms with Crippen LogP contribution < -0.4 is 5.73 Å². The summed E-state index contributed by atoms with van der Waals surface area (Å²) >= 11 is 0. The minimum Gasteiger partial charge on any atom is -0.368 e. The van der Waals surface area contributed by atoms with Crippen LogP contribution in [0.2, 0.25) is 0 Å². The van der Waals surface area contributed by atoms with Crippen LogP contribution in [0.4, 0.5) is 5.95 Å². The monoisotopic (exact) mass is 372 g/mol. The first-order valence-corrected chi connectivity index (χ1v) is 9.51. The fourth-order valence-electron chi connectivity index (χ4n) is 4.02. The molecule has 1 aliphatic rings. The second-order valence-corrected chi connectivity index (χ2v) is 7.64. The average molecular weight is 372 g/mol. The second kappa shape index (κ2) is 6.75. The van der Waals surface area contributed by atoms with Gasteiger partial charge in [0.1, 0.15) is 5.69 Å². The highest BCUT2D eigenvalue weighted by molar-refractivity contribution is 5.97. The summed E-state index contributed by atoms with van der Waals surface area (Å²) in [5.74, 6) is 0.0506. The minimum atomic E-state index is -0.559. The summed E-state index contributed by atoms with van der Waals surface area (Å²) < 4.78 is 0. The summed E-state index contributed by atoms with van der Waals surface area (Å²) in [6.07, 6.45) is 0. The zero-order valence-electron chi connectivity index (χ0n) is 16.4. The number of anilines is 1. The van der Waals surface area contributed by atoms with Crippen LogP contribution in [0, 0.1) is 0 Å². The van der Waals surface area contributed by atoms with Gasteiger partial charge in [-0.25, -0.2) is 9.97 Å². The lowest BCUT2D eigenvalue weighted by Gasteiger charge is -2.32. The van der Waals surface area contributed by atoms with Crippen LogP contribution >= 0.6 is 0 Å². The van der Waals surface area contributed by atoms with Crippen molar-refractivity contribution in [1.82, 2.24) is 14.9 Å². The molecule has 3 aromatic rings. The zero-order chi connectivity index (χ0) is 19.9. The van der Waals surface area contributed by atoms with Gasteiger partial charge < -0.3 is 10.6 Å². The van der Waals surface area contributed by atoms with Gasteiger partial charge in [-0.1, -0.05) is 60.7 Å². The van der Waals surface area contributed by atoms with Crippen molar-refractivity contribution in [3.05, 3.63) is 88.7 Å². The normalized spacial score (nSPS) is 13.9. The molecule has 0 atom stereocenters. The van der Waals surface area contributed by atoms with Gasteiger partial charge in [0.15, 0.2) is 0 Å². The maximum Gasteiger partial charge on any atom is 0.273 e. The van der Waals surface area contributed by atoms with Gasteiger partial charge >= 0.3 is 0 Å². The van der Waals surface area contributed by atoms with Crippen LogP contribution in [0.3, 0.4) is 0 Å². The number of nitrogens with two attached hydrogens (primary N) is 1. The third kappa shape index (κ3) is 2.74. The first-order chi connectivity index (χ1) is 13.4. The van der Waals surface area contributed by atoms with E-state index in [9.17, 15) is 4.79 Å². The van der Waals surface area contributed by atoms with Crippen molar-refractivity contribution in [3.63, 3.8) is 0 Å². The molecule has 0 saturated heterocycles. The minimum absolute atomic E-state index is 0.0791. The lowest BCUT2D eigenvalue weighted by molar-refractivity contribution is 0.0726. The Kier molecular flexibility index (Phi) is 4.38. The molecule has 0 spiro atoms. The third-order valence-corrected chi connectivity index (χ3v) is 5.62. The maximum atomic E-state index is 12.9. The smallest absolute Gasteiger partial charge is 0.273 e. The van der Waals surface area contributed by atoms with Gasteiger partial charge in [-0.15, -0.1) is 0 Å². The van der Waals surface area contributed by atoms with E-state index < -0.39 is 5.41 Å². The van der Waals surface area contributed by atoms with E-state index in [1.54, 1.807) is 0 Å². The van der Waals surface area contributed by atoms with E-state index in [0.717, 1.165) is 22.4 Å². The highest BCUT2D eigenvalue weighted by Gasteiger charge is 2.41. The summed E-state index contributed by atoms with van der Waals surface area (Å²) in [6.45, 7) is 6.65. The van der Waals surface area contributed by atoms with Crippen molar-refractivity contribution in [2.45, 2.75) is 38.8 Å². The van der Waals surface area contributed by atoms with E-state index in [1.807, 2.05) is 55.1 Å². The molecule has 0 unspecified atom stereocenters. The number of nitrogen functional groups attached to an aromatic ring is 1. The Balaban J connectivity index is 2.01. The van der Waals surface area contributed by atoms with E-state index in [-0.39, 0.29) is 17.9 Å². The predicted molar refractivity (Wildman–Crippen MR) is 110 cm³/mol. The summed E-state index contributed by atoms with van der Waals surface area (Å²) in [7, 11) is 0. The average Bonchev–Trinajstić information content (AvgIpc) is 3.05. The van der Waals surface area contributed by atoms with Gasteiger partial charge in [-0.2, -0.15) is 0 Å². The van der Waals surface area contributed by atoms with Crippen molar-refractivity contribution >= 4 is 11.9 Å². The Hall–Kier alpha value is -3.21. The first-order valence-electron chi connectivity index (χ1n) is 9.51. The SMILES string of the molecule is CC(C)N1Cc2c(nc(N)nc2C(C)(c2ccccc2)c2ccccc2)C1=O. The number of amides is 1. The highest BCUT2D eigenvalue weighted by Crippen LogP contribution is 2.42. The number of carbonyl (C=O) groups excluding carboxylic acids is 1. The molecule has 142 valence electrons. The number of nitrogens with zero attached hydrogens (tertiary/aromatic N) is 3. The second-order valence-electron chi connectivity index (χ2n) is 7.64. The molecule has 4 rings (SSSR count). The standard InChI is InChI=1S/C23H24N4O/c1-15(2)27-14-18-19(21(27)28)25-22(24)26-20(18)23(3,16-10-6-4-7-11-16)17-12-8-5-9-13-17/h4-13,15H,14H2,1-3H3,(H2,24,25,26). The molecule has 0 saturated carbocycles. The molecule has 0 fully saturated rings. The fraction of sp³-hybridized carbons (Fsp3) is 0.261. The van der Waals surface area contributed by atoms with Crippen LogP contribution in [0.1, 0.15) is 53.6 Å². The topological polar surface area (TPSA) is 72.1 Å². The first kappa shape index (κ1) is 18.2. The molecule has 2 aromatic carbocycles. The van der Waals surface area contributed by atoms with Crippen molar-refractivity contribution in [2.75, 3.05) is 5.73 Å². The molecule has 2 N–H and O–H groups in total. The van der Waals surface area contributed by atoms with Gasteiger partial charge in [0.2, 0.25) is 5.95 Å². The van der Waals surface area contributed by atoms with Crippen molar-refractivity contribution in [3.8, 4) is 0 Å². The number of aromatic nitrogens is 2. The molecule has 5 heteroatoms. The number of carbonyl (C=O) groups is 1. The molecular formula is C23H24N4O. The molecule has 28 heavy (non-hydrogen) atoms. The van der Waals surface area contributed by atoms with E-state index in [2.05, 4.69) is 41.2 Å². The Labute approximate surface area is 165 Å². The lowest BCUT2D eigenvalue weighted by Crippen LogP contribution is -2.31. The Morgan fingerprint density at radius 1 is 0.964 bits per heavy atom. The van der Waals surface area contributed by atoms with Gasteiger partial charge in [0.05, 0.1) is 17.7 Å². The molecule has 1 aromatic heterocycles. The summed E-state index contributed by atoms with van der Waals surface area (Å²) in [4.78, 5) is 23.7. The van der Waals surface area contributed by atoms with E-state index >= 15 is 0 Å². The number of rotatable bonds is 4. The van der Waals surface area contributed by atoms with Crippen molar-refractivity contribution < 1.29 is 4.79 Å². The van der Waals surface area contributed by atoms with Crippen LogP contribution in [-0.2, 0) is 12.0 Å². The van der Waals surface area contributed by atoms with Gasteiger partial charge in [0.25, 0.3) is 5.91 Å². The lowest BCUT2D eigenvalue weighted by atomic mass is 9.72. The summed E-state index contributed by atoms with van der Waals surface area (Å²) in [5.41, 5.74) is 9.79. The van der Waals surface area contributed by atoms with E-state index in [4.69, 9.17) is 5.73 Å². The number of hydrogen-bond donors (Lipinski definition) is 1. The van der Waals surface area contributed by atoms with E-state index in [0.29, 0.717) is 12.2 Å². The molecule has 2 heterocycles. The van der Waals surface area contributed by atoms with Crippen LogP contribution in [0.15, 0.2) is 60.7 Å². The Morgan fingerprint density at radius 2 is 1.50 bits per heavy atom. The predicted octanol–water partition coefficient (Wildman–Crippen LogP) is 3.78. The number of hydrogen-bond acceptors (Lipinski definition) is 4. The Bertz CT molecular complexity index is 976. The van der Waals surface area contributed by atoms with Gasteiger partial charge in [-0.3, -0.25) is 4.79 Å². The summed E-state index contributed by atoms with van der Waals surface area (Å²) in [5, 5.41) is 0. The Morgan fingerprint density at radius 3 is 2.00 bits per heavy atom. The summed E-state index contributed by atoms with van der Waals surface area (Å²) in [6, 6.07) is 20.5. The molecular weight excluding hydrogens is 348 g/mol. The van der Waals surface area contributed by atoms with Crippen LogP contribution in [-0.4, -0.2) is 26.8 Å². The highest BCUT2D eigenvalue weighted by atomic mass is 16.2. The van der Waals surface area contributed by atoms with E-state index in [1.165, 1.54) is 0 Å². The van der Waals surface area contributed by atoms with Gasteiger partial charge in [0, 0.05) is 11.6 Å². The quantitative estimate of drug-likeness (QED) is 0.756. The molecule has 1 aliphatic heterocycles. The number of fused-ring (bicyclic) bond motifs is 1. The van der Waals surface area contributed by atoms with Crippen molar-refractivity contribution in [2.24, 2.45) is 0 Å². The van der Waals surface area contributed by atoms with Crippen molar-refractivity contribution in [1.29, 1.82) is 0 Å². The largest absolute Gasteiger partial charge is 0.368 e. The molecule has 0 aliphatic carbocycles.